The number of para-hydroxylation sites is 2. The minimum Gasteiger partial charge on any atom is -0.488 e. The number of hydrogen-bond acceptors (Lipinski definition) is 7. The molecular weight excluding hydrogens is 606 g/mol. The third-order valence-electron chi connectivity index (χ3n) is 9.53. The first-order valence-electron chi connectivity index (χ1n) is 17.1. The molecule has 5 rings (SSSR count). The lowest BCUT2D eigenvalue weighted by atomic mass is 9.88. The van der Waals surface area contributed by atoms with Gasteiger partial charge in [0, 0.05) is 48.3 Å². The molecule has 1 saturated carbocycles. The lowest BCUT2D eigenvalue weighted by molar-refractivity contribution is -0.134. The molecule has 3 aromatic rings. The second-order valence-electron chi connectivity index (χ2n) is 13.5. The molecule has 5 N–H and O–H groups in total. The van der Waals surface area contributed by atoms with Crippen LogP contribution in [0.25, 0.3) is 0 Å². The van der Waals surface area contributed by atoms with E-state index in [4.69, 9.17) is 10.5 Å². The topological polar surface area (TPSA) is 137 Å². The number of fused-ring (bicyclic) bond motifs is 1. The molecule has 0 unspecified atom stereocenters. The molecule has 0 radical (unpaired) electrons. The predicted molar refractivity (Wildman–Crippen MR) is 189 cm³/mol. The van der Waals surface area contributed by atoms with Gasteiger partial charge in [-0.25, -0.2) is 0 Å². The van der Waals surface area contributed by atoms with E-state index < -0.39 is 0 Å². The number of carbonyl (C=O) groups excluding carboxylic acids is 3. The Morgan fingerprint density at radius 2 is 1.77 bits per heavy atom. The third kappa shape index (κ3) is 8.93. The van der Waals surface area contributed by atoms with E-state index in [2.05, 4.69) is 22.5 Å². The first kappa shape index (κ1) is 34.9. The van der Waals surface area contributed by atoms with Crippen molar-refractivity contribution in [3.8, 4) is 5.75 Å². The molecule has 3 atom stereocenters. The Morgan fingerprint density at radius 1 is 1.04 bits per heavy atom. The van der Waals surface area contributed by atoms with Crippen molar-refractivity contribution in [1.29, 1.82) is 0 Å². The van der Waals surface area contributed by atoms with E-state index in [1.165, 1.54) is 6.42 Å². The van der Waals surface area contributed by atoms with Gasteiger partial charge in [0.05, 0.1) is 30.4 Å². The van der Waals surface area contributed by atoms with Crippen LogP contribution >= 0.6 is 0 Å². The van der Waals surface area contributed by atoms with Crippen molar-refractivity contribution < 1.29 is 24.2 Å². The smallest absolute Gasteiger partial charge is 0.255 e. The molecule has 256 valence electrons. The SMILES string of the molecule is C[C@@H]1CN([C@@H](C)CO)C(=O)Cc2cc(NC(=O)C3CCCCC3)ccc2O[C@H]1CN(C)Cc1ccc(C(=O)Nc2ccccc2N)cc1. The number of aliphatic hydroxyl groups excluding tert-OH is 1. The molecule has 0 saturated heterocycles. The van der Waals surface area contributed by atoms with Gasteiger partial charge in [-0.15, -0.1) is 0 Å². The van der Waals surface area contributed by atoms with Crippen molar-refractivity contribution in [3.05, 3.63) is 83.4 Å². The summed E-state index contributed by atoms with van der Waals surface area (Å²) in [6.07, 6.45) is 4.98. The molecule has 1 aliphatic carbocycles. The van der Waals surface area contributed by atoms with Crippen LogP contribution in [0.2, 0.25) is 0 Å². The number of nitrogens with two attached hydrogens (primary N) is 1. The van der Waals surface area contributed by atoms with Crippen molar-refractivity contribution in [2.75, 3.05) is 43.1 Å². The molecule has 10 nitrogen and oxygen atoms in total. The van der Waals surface area contributed by atoms with Gasteiger partial charge in [-0.05, 0) is 74.8 Å². The van der Waals surface area contributed by atoms with Gasteiger partial charge in [0.2, 0.25) is 11.8 Å². The third-order valence-corrected chi connectivity index (χ3v) is 9.53. The average molecular weight is 656 g/mol. The molecular formula is C38H49N5O5. The number of hydrogen-bond donors (Lipinski definition) is 4. The van der Waals surface area contributed by atoms with Crippen molar-refractivity contribution in [2.45, 2.75) is 71.1 Å². The molecule has 2 aliphatic rings. The van der Waals surface area contributed by atoms with E-state index in [1.807, 2.05) is 56.4 Å². The Bertz CT molecular complexity index is 1570. The first-order chi connectivity index (χ1) is 23.1. The van der Waals surface area contributed by atoms with Crippen LogP contribution in [0.4, 0.5) is 17.1 Å². The van der Waals surface area contributed by atoms with Crippen LogP contribution in [-0.4, -0.2) is 71.5 Å². The molecule has 0 bridgehead atoms. The number of amides is 3. The maximum atomic E-state index is 13.6. The number of likely N-dealkylation sites (N-methyl/N-ethyl adjacent to an activating group) is 1. The van der Waals surface area contributed by atoms with Gasteiger partial charge in [0.25, 0.3) is 5.91 Å². The Balaban J connectivity index is 1.29. The summed E-state index contributed by atoms with van der Waals surface area (Å²) in [6.45, 7) is 5.42. The van der Waals surface area contributed by atoms with Crippen LogP contribution < -0.4 is 21.1 Å². The quantitative estimate of drug-likeness (QED) is 0.217. The van der Waals surface area contributed by atoms with Crippen molar-refractivity contribution in [3.63, 3.8) is 0 Å². The fraction of sp³-hybridized carbons (Fsp3) is 0.447. The van der Waals surface area contributed by atoms with Gasteiger partial charge >= 0.3 is 0 Å². The molecule has 10 heteroatoms. The number of anilines is 3. The van der Waals surface area contributed by atoms with E-state index in [1.54, 1.807) is 29.2 Å². The Morgan fingerprint density at radius 3 is 2.48 bits per heavy atom. The van der Waals surface area contributed by atoms with E-state index in [0.29, 0.717) is 53.6 Å². The number of benzene rings is 3. The fourth-order valence-electron chi connectivity index (χ4n) is 6.58. The van der Waals surface area contributed by atoms with Crippen LogP contribution in [0.3, 0.4) is 0 Å². The van der Waals surface area contributed by atoms with Crippen LogP contribution in [0.1, 0.15) is 67.4 Å². The summed E-state index contributed by atoms with van der Waals surface area (Å²) < 4.78 is 6.68. The van der Waals surface area contributed by atoms with E-state index in [-0.39, 0.29) is 54.7 Å². The normalized spacial score (nSPS) is 19.4. The van der Waals surface area contributed by atoms with E-state index >= 15 is 0 Å². The number of nitrogen functional groups attached to an aromatic ring is 1. The number of ether oxygens (including phenoxy) is 1. The fourth-order valence-corrected chi connectivity index (χ4v) is 6.58. The van der Waals surface area contributed by atoms with Gasteiger partial charge in [0.1, 0.15) is 11.9 Å². The van der Waals surface area contributed by atoms with Crippen LogP contribution in [0.5, 0.6) is 5.75 Å². The lowest BCUT2D eigenvalue weighted by Crippen LogP contribution is -2.47. The highest BCUT2D eigenvalue weighted by atomic mass is 16.5. The highest BCUT2D eigenvalue weighted by Crippen LogP contribution is 2.31. The summed E-state index contributed by atoms with van der Waals surface area (Å²) in [4.78, 5) is 43.3. The highest BCUT2D eigenvalue weighted by Gasteiger charge is 2.31. The minimum atomic E-state index is -0.344. The second kappa shape index (κ2) is 16.1. The maximum Gasteiger partial charge on any atom is 0.255 e. The number of nitrogens with one attached hydrogen (secondary N) is 2. The largest absolute Gasteiger partial charge is 0.488 e. The molecule has 1 heterocycles. The summed E-state index contributed by atoms with van der Waals surface area (Å²) in [5.74, 6) is 0.314. The van der Waals surface area contributed by atoms with Gasteiger partial charge < -0.3 is 31.1 Å². The van der Waals surface area contributed by atoms with E-state index in [0.717, 1.165) is 31.2 Å². The van der Waals surface area contributed by atoms with Crippen LogP contribution in [0, 0.1) is 11.8 Å². The molecule has 3 aromatic carbocycles. The van der Waals surface area contributed by atoms with Crippen LogP contribution in [-0.2, 0) is 22.6 Å². The van der Waals surface area contributed by atoms with Crippen molar-refractivity contribution in [2.24, 2.45) is 11.8 Å². The zero-order valence-corrected chi connectivity index (χ0v) is 28.3. The minimum absolute atomic E-state index is 0.0190. The summed E-state index contributed by atoms with van der Waals surface area (Å²) in [6, 6.07) is 19.9. The van der Waals surface area contributed by atoms with Crippen molar-refractivity contribution in [1.82, 2.24) is 9.80 Å². The summed E-state index contributed by atoms with van der Waals surface area (Å²) >= 11 is 0. The lowest BCUT2D eigenvalue weighted by Gasteiger charge is -2.34. The Hall–Kier alpha value is -4.41. The Kier molecular flexibility index (Phi) is 11.7. The van der Waals surface area contributed by atoms with Gasteiger partial charge in [-0.1, -0.05) is 50.5 Å². The second-order valence-corrected chi connectivity index (χ2v) is 13.5. The van der Waals surface area contributed by atoms with Gasteiger partial charge in [-0.2, -0.15) is 0 Å². The Labute approximate surface area is 283 Å². The molecule has 1 fully saturated rings. The summed E-state index contributed by atoms with van der Waals surface area (Å²) in [5, 5.41) is 15.9. The molecule has 48 heavy (non-hydrogen) atoms. The number of aliphatic hydroxyl groups is 1. The molecule has 1 aliphatic heterocycles. The predicted octanol–water partition coefficient (Wildman–Crippen LogP) is 5.32. The van der Waals surface area contributed by atoms with E-state index in [9.17, 15) is 19.5 Å². The van der Waals surface area contributed by atoms with Crippen molar-refractivity contribution >= 4 is 34.8 Å². The molecule has 0 spiro atoms. The van der Waals surface area contributed by atoms with Crippen LogP contribution in [0.15, 0.2) is 66.7 Å². The van der Waals surface area contributed by atoms with Gasteiger partial charge in [-0.3, -0.25) is 19.3 Å². The molecule has 0 aromatic heterocycles. The summed E-state index contributed by atoms with van der Waals surface area (Å²) in [7, 11) is 2.02. The number of rotatable bonds is 10. The first-order valence-corrected chi connectivity index (χ1v) is 17.1. The monoisotopic (exact) mass is 655 g/mol. The highest BCUT2D eigenvalue weighted by molar-refractivity contribution is 6.05. The average Bonchev–Trinajstić information content (AvgIpc) is 3.13. The molecule has 3 amide bonds. The standard InChI is InChI=1S/C38H49N5O5/c1-25-21-43(26(2)24-44)36(45)20-30-19-31(40-37(46)28-9-5-4-6-10-28)17-18-34(30)48-35(25)23-42(3)22-27-13-15-29(16-14-27)38(47)41-33-12-8-7-11-32(33)39/h7-8,11-19,25-26,28,35,44H,4-6,9-10,20-24,39H2,1-3H3,(H,40,46)(H,41,47)/t25-,26+,35+/m1/s1. The summed E-state index contributed by atoms with van der Waals surface area (Å²) in [5.41, 5.74) is 10.0. The van der Waals surface area contributed by atoms with Gasteiger partial charge in [0.15, 0.2) is 0 Å². The zero-order valence-electron chi connectivity index (χ0n) is 28.3. The number of nitrogens with zero attached hydrogens (tertiary/aromatic N) is 2. The maximum absolute atomic E-state index is 13.6. The number of carbonyl (C=O) groups is 3. The zero-order chi connectivity index (χ0) is 34.2.